The van der Waals surface area contributed by atoms with E-state index in [2.05, 4.69) is 0 Å². The molecule has 92 valence electrons. The number of Topliss-reactive ketones (excluding diaryl/α,β-unsaturated/α-hetero) is 2. The third-order valence-corrected chi connectivity index (χ3v) is 2.87. The quantitative estimate of drug-likeness (QED) is 0.731. The van der Waals surface area contributed by atoms with E-state index < -0.39 is 5.92 Å². The van der Waals surface area contributed by atoms with Gasteiger partial charge >= 0.3 is 0 Å². The summed E-state index contributed by atoms with van der Waals surface area (Å²) in [5.74, 6) is -0.622. The minimum atomic E-state index is -0.500. The van der Waals surface area contributed by atoms with E-state index in [4.69, 9.17) is 0 Å². The van der Waals surface area contributed by atoms with Crippen molar-refractivity contribution in [2.45, 2.75) is 20.3 Å². The number of rotatable bonds is 5. The number of hydrogen-bond donors (Lipinski definition) is 0. The first-order valence-electron chi connectivity index (χ1n) is 5.69. The van der Waals surface area contributed by atoms with E-state index in [0.29, 0.717) is 6.42 Å². The zero-order valence-corrected chi connectivity index (χ0v) is 10.9. The maximum absolute atomic E-state index is 11.3. The summed E-state index contributed by atoms with van der Waals surface area (Å²) in [7, 11) is 3.95. The van der Waals surface area contributed by atoms with E-state index in [0.717, 1.165) is 11.3 Å². The molecule has 1 aromatic rings. The summed E-state index contributed by atoms with van der Waals surface area (Å²) < 4.78 is 0. The van der Waals surface area contributed by atoms with Crippen LogP contribution in [-0.4, -0.2) is 25.7 Å². The monoisotopic (exact) mass is 233 g/mol. The number of carbonyl (C=O) groups is 2. The fourth-order valence-electron chi connectivity index (χ4n) is 1.74. The van der Waals surface area contributed by atoms with Crippen molar-refractivity contribution in [2.24, 2.45) is 5.92 Å². The van der Waals surface area contributed by atoms with Gasteiger partial charge in [0.2, 0.25) is 0 Å². The zero-order valence-electron chi connectivity index (χ0n) is 10.9. The highest BCUT2D eigenvalue weighted by molar-refractivity contribution is 6.00. The van der Waals surface area contributed by atoms with Crippen molar-refractivity contribution in [3.63, 3.8) is 0 Å². The molecule has 0 atom stereocenters. The van der Waals surface area contributed by atoms with Crippen molar-refractivity contribution in [2.75, 3.05) is 19.0 Å². The molecule has 0 N–H and O–H groups in total. The third-order valence-electron chi connectivity index (χ3n) is 2.87. The Hall–Kier alpha value is -1.64. The second kappa shape index (κ2) is 5.62. The van der Waals surface area contributed by atoms with Crippen molar-refractivity contribution in [3.05, 3.63) is 29.8 Å². The molecule has 3 nitrogen and oxygen atoms in total. The smallest absolute Gasteiger partial charge is 0.140 e. The average molecular weight is 233 g/mol. The largest absolute Gasteiger partial charge is 0.378 e. The Morgan fingerprint density at radius 3 is 1.88 bits per heavy atom. The fourth-order valence-corrected chi connectivity index (χ4v) is 1.74. The predicted octanol–water partition coefficient (Wildman–Crippen LogP) is 2.09. The molecule has 0 aliphatic carbocycles. The molecule has 3 heteroatoms. The van der Waals surface area contributed by atoms with Crippen LogP contribution in [0.5, 0.6) is 0 Å². The summed E-state index contributed by atoms with van der Waals surface area (Å²) in [6, 6.07) is 7.92. The van der Waals surface area contributed by atoms with E-state index in [9.17, 15) is 9.59 Å². The zero-order chi connectivity index (χ0) is 13.0. The van der Waals surface area contributed by atoms with Crippen LogP contribution in [-0.2, 0) is 16.0 Å². The highest BCUT2D eigenvalue weighted by Crippen LogP contribution is 2.16. The van der Waals surface area contributed by atoms with Crippen LogP contribution in [0.25, 0.3) is 0 Å². The van der Waals surface area contributed by atoms with E-state index in [1.54, 1.807) is 0 Å². The average Bonchev–Trinajstić information content (AvgIpc) is 2.25. The van der Waals surface area contributed by atoms with Crippen molar-refractivity contribution in [1.29, 1.82) is 0 Å². The molecule has 17 heavy (non-hydrogen) atoms. The molecule has 0 saturated heterocycles. The molecule has 0 bridgehead atoms. The second-order valence-corrected chi connectivity index (χ2v) is 4.54. The van der Waals surface area contributed by atoms with Crippen LogP contribution in [0, 0.1) is 5.92 Å². The molecule has 0 amide bonds. The molecule has 0 aromatic heterocycles. The van der Waals surface area contributed by atoms with Gasteiger partial charge in [-0.1, -0.05) is 12.1 Å². The molecule has 0 fully saturated rings. The molecule has 0 unspecified atom stereocenters. The number of anilines is 1. The number of carbonyl (C=O) groups excluding carboxylic acids is 2. The predicted molar refractivity (Wildman–Crippen MR) is 69.3 cm³/mol. The molecule has 0 radical (unpaired) electrons. The SMILES string of the molecule is CC(=O)C(Cc1ccc(N(C)C)cc1)C(C)=O. The number of benzene rings is 1. The van der Waals surface area contributed by atoms with Gasteiger partial charge in [-0.15, -0.1) is 0 Å². The molecule has 0 aliphatic rings. The molecule has 1 rings (SSSR count). The molecule has 1 aromatic carbocycles. The lowest BCUT2D eigenvalue weighted by molar-refractivity contribution is -0.130. The van der Waals surface area contributed by atoms with Gasteiger partial charge in [0.05, 0.1) is 5.92 Å². The highest BCUT2D eigenvalue weighted by atomic mass is 16.1. The second-order valence-electron chi connectivity index (χ2n) is 4.54. The minimum Gasteiger partial charge on any atom is -0.378 e. The lowest BCUT2D eigenvalue weighted by Gasteiger charge is -2.14. The normalized spacial score (nSPS) is 10.4. The van der Waals surface area contributed by atoms with Gasteiger partial charge in [0, 0.05) is 19.8 Å². The molecular weight excluding hydrogens is 214 g/mol. The Balaban J connectivity index is 2.80. The number of hydrogen-bond acceptors (Lipinski definition) is 3. The van der Waals surface area contributed by atoms with Crippen LogP contribution in [0.1, 0.15) is 19.4 Å². The topological polar surface area (TPSA) is 37.4 Å². The van der Waals surface area contributed by atoms with Gasteiger partial charge < -0.3 is 4.90 Å². The van der Waals surface area contributed by atoms with E-state index in [1.807, 2.05) is 43.3 Å². The van der Waals surface area contributed by atoms with Crippen LogP contribution >= 0.6 is 0 Å². The first-order valence-corrected chi connectivity index (χ1v) is 5.69. The van der Waals surface area contributed by atoms with Gasteiger partial charge in [0.25, 0.3) is 0 Å². The maximum Gasteiger partial charge on any atom is 0.140 e. The number of ketones is 2. The van der Waals surface area contributed by atoms with Crippen molar-refractivity contribution >= 4 is 17.3 Å². The minimum absolute atomic E-state index is 0.0609. The molecule has 0 aliphatic heterocycles. The summed E-state index contributed by atoms with van der Waals surface area (Å²) in [6.07, 6.45) is 0.498. The van der Waals surface area contributed by atoms with Gasteiger partial charge in [0.1, 0.15) is 11.6 Å². The maximum atomic E-state index is 11.3. The first kappa shape index (κ1) is 13.4. The summed E-state index contributed by atoms with van der Waals surface area (Å²) in [5, 5.41) is 0. The Morgan fingerprint density at radius 1 is 1.06 bits per heavy atom. The molecule has 0 spiro atoms. The van der Waals surface area contributed by atoms with Crippen LogP contribution in [0.2, 0.25) is 0 Å². The lowest BCUT2D eigenvalue weighted by Crippen LogP contribution is -2.21. The molecular formula is C14H19NO2. The van der Waals surface area contributed by atoms with Crippen LogP contribution in [0.15, 0.2) is 24.3 Å². The summed E-state index contributed by atoms with van der Waals surface area (Å²) in [6.45, 7) is 2.94. The Kier molecular flexibility index (Phi) is 4.44. The van der Waals surface area contributed by atoms with Gasteiger partial charge in [0.15, 0.2) is 0 Å². The van der Waals surface area contributed by atoms with Gasteiger partial charge in [-0.3, -0.25) is 9.59 Å². The lowest BCUT2D eigenvalue weighted by atomic mass is 9.92. The van der Waals surface area contributed by atoms with Gasteiger partial charge in [-0.05, 0) is 38.0 Å². The summed E-state index contributed by atoms with van der Waals surface area (Å²) >= 11 is 0. The van der Waals surface area contributed by atoms with E-state index >= 15 is 0 Å². The Bertz CT molecular complexity index is 393. The van der Waals surface area contributed by atoms with E-state index in [1.165, 1.54) is 13.8 Å². The van der Waals surface area contributed by atoms with E-state index in [-0.39, 0.29) is 11.6 Å². The van der Waals surface area contributed by atoms with Crippen LogP contribution in [0.4, 0.5) is 5.69 Å². The number of nitrogens with zero attached hydrogens (tertiary/aromatic N) is 1. The van der Waals surface area contributed by atoms with Gasteiger partial charge in [-0.25, -0.2) is 0 Å². The summed E-state index contributed by atoms with van der Waals surface area (Å²) in [5.41, 5.74) is 2.13. The third kappa shape index (κ3) is 3.70. The fraction of sp³-hybridized carbons (Fsp3) is 0.429. The van der Waals surface area contributed by atoms with Crippen LogP contribution < -0.4 is 4.90 Å². The standard InChI is InChI=1S/C14H19NO2/c1-10(16)14(11(2)17)9-12-5-7-13(8-6-12)15(3)4/h5-8,14H,9H2,1-4H3. The van der Waals surface area contributed by atoms with Crippen LogP contribution in [0.3, 0.4) is 0 Å². The molecule has 0 heterocycles. The van der Waals surface area contributed by atoms with Gasteiger partial charge in [-0.2, -0.15) is 0 Å². The van der Waals surface area contributed by atoms with Crippen molar-refractivity contribution < 1.29 is 9.59 Å². The molecule has 0 saturated carbocycles. The first-order chi connectivity index (χ1) is 7.91. The van der Waals surface area contributed by atoms with Crippen molar-refractivity contribution in [1.82, 2.24) is 0 Å². The Morgan fingerprint density at radius 2 is 1.53 bits per heavy atom. The summed E-state index contributed by atoms with van der Waals surface area (Å²) in [4.78, 5) is 24.7. The highest BCUT2D eigenvalue weighted by Gasteiger charge is 2.19. The van der Waals surface area contributed by atoms with Crippen molar-refractivity contribution in [3.8, 4) is 0 Å². The Labute approximate surface area is 102 Å².